The summed E-state index contributed by atoms with van der Waals surface area (Å²) in [6.45, 7) is 3.55. The quantitative estimate of drug-likeness (QED) is 0.583. The lowest BCUT2D eigenvalue weighted by atomic mass is 10.3. The predicted molar refractivity (Wildman–Crippen MR) is 78.4 cm³/mol. The van der Waals surface area contributed by atoms with Crippen molar-refractivity contribution in [1.82, 2.24) is 14.5 Å². The normalized spacial score (nSPS) is 10.2. The van der Waals surface area contributed by atoms with E-state index in [9.17, 15) is 0 Å². The molecule has 2 N–H and O–H groups in total. The van der Waals surface area contributed by atoms with E-state index in [4.69, 9.17) is 10.5 Å². The summed E-state index contributed by atoms with van der Waals surface area (Å²) in [4.78, 5) is 8.40. The van der Waals surface area contributed by atoms with Crippen LogP contribution in [-0.2, 0) is 0 Å². The number of benzene rings is 1. The van der Waals surface area contributed by atoms with E-state index in [1.54, 1.807) is 35.0 Å². The molecule has 0 aliphatic rings. The van der Waals surface area contributed by atoms with Gasteiger partial charge in [0.1, 0.15) is 12.1 Å². The molecule has 3 rings (SSSR count). The second-order valence-electron chi connectivity index (χ2n) is 4.14. The summed E-state index contributed by atoms with van der Waals surface area (Å²) in [7, 11) is 0. The van der Waals surface area contributed by atoms with Gasteiger partial charge in [0.2, 0.25) is 5.88 Å². The SMILES string of the molecule is C=C=Cn1ccc2c(Oc3ccc(N)cc3)ncnc21. The summed E-state index contributed by atoms with van der Waals surface area (Å²) in [5.41, 5.74) is 9.78. The zero-order chi connectivity index (χ0) is 13.9. The highest BCUT2D eigenvalue weighted by molar-refractivity contribution is 5.83. The molecule has 0 aliphatic carbocycles. The maximum Gasteiger partial charge on any atom is 0.231 e. The summed E-state index contributed by atoms with van der Waals surface area (Å²) in [6, 6.07) is 9.03. The lowest BCUT2D eigenvalue weighted by molar-refractivity contribution is 0.468. The first kappa shape index (κ1) is 12.0. The molecule has 0 saturated carbocycles. The molecule has 0 radical (unpaired) electrons. The van der Waals surface area contributed by atoms with Crippen molar-refractivity contribution in [2.24, 2.45) is 0 Å². The van der Waals surface area contributed by atoms with Crippen LogP contribution in [0, 0.1) is 0 Å². The molecule has 5 heteroatoms. The first-order valence-electron chi connectivity index (χ1n) is 5.99. The van der Waals surface area contributed by atoms with E-state index >= 15 is 0 Å². The minimum Gasteiger partial charge on any atom is -0.438 e. The smallest absolute Gasteiger partial charge is 0.231 e. The average molecular weight is 264 g/mol. The van der Waals surface area contributed by atoms with Crippen LogP contribution >= 0.6 is 0 Å². The molecule has 5 nitrogen and oxygen atoms in total. The molecule has 0 amide bonds. The molecule has 0 fully saturated rings. The Kier molecular flexibility index (Phi) is 2.95. The number of fused-ring (bicyclic) bond motifs is 1. The fraction of sp³-hybridized carbons (Fsp3) is 0. The summed E-state index contributed by atoms with van der Waals surface area (Å²) in [6.07, 6.45) is 5.01. The molecule has 0 unspecified atom stereocenters. The number of nitrogens with zero attached hydrogens (tertiary/aromatic N) is 3. The van der Waals surface area contributed by atoms with Crippen LogP contribution in [0.2, 0.25) is 0 Å². The Morgan fingerprint density at radius 3 is 2.75 bits per heavy atom. The number of nitrogens with two attached hydrogens (primary N) is 1. The molecule has 0 aliphatic heterocycles. The topological polar surface area (TPSA) is 66.0 Å². The van der Waals surface area contributed by atoms with Crippen molar-refractivity contribution in [2.75, 3.05) is 5.73 Å². The van der Waals surface area contributed by atoms with E-state index in [1.165, 1.54) is 6.33 Å². The Morgan fingerprint density at radius 1 is 1.20 bits per heavy atom. The molecule has 2 aromatic heterocycles. The lowest BCUT2D eigenvalue weighted by Crippen LogP contribution is -1.92. The fourth-order valence-corrected chi connectivity index (χ4v) is 1.88. The minimum absolute atomic E-state index is 0.496. The van der Waals surface area contributed by atoms with Gasteiger partial charge in [-0.05, 0) is 30.3 Å². The second-order valence-corrected chi connectivity index (χ2v) is 4.14. The number of hydrogen-bond acceptors (Lipinski definition) is 4. The molecule has 1 aromatic carbocycles. The molecular weight excluding hydrogens is 252 g/mol. The van der Waals surface area contributed by atoms with Gasteiger partial charge in [-0.15, -0.1) is 5.73 Å². The van der Waals surface area contributed by atoms with Gasteiger partial charge in [0.15, 0.2) is 5.65 Å². The molecule has 98 valence electrons. The first-order chi connectivity index (χ1) is 9.78. The monoisotopic (exact) mass is 264 g/mol. The summed E-state index contributed by atoms with van der Waals surface area (Å²) in [5, 5.41) is 0.816. The molecule has 0 bridgehead atoms. The minimum atomic E-state index is 0.496. The number of nitrogen functional groups attached to an aromatic ring is 1. The van der Waals surface area contributed by atoms with E-state index < -0.39 is 0 Å². The molecule has 0 spiro atoms. The maximum absolute atomic E-state index is 5.77. The van der Waals surface area contributed by atoms with Crippen molar-refractivity contribution in [3.8, 4) is 11.6 Å². The Morgan fingerprint density at radius 2 is 2.00 bits per heavy atom. The van der Waals surface area contributed by atoms with Gasteiger partial charge in [0, 0.05) is 11.9 Å². The molecule has 20 heavy (non-hydrogen) atoms. The summed E-state index contributed by atoms with van der Waals surface area (Å²) >= 11 is 0. The van der Waals surface area contributed by atoms with Gasteiger partial charge < -0.3 is 15.0 Å². The van der Waals surface area contributed by atoms with E-state index in [1.807, 2.05) is 12.3 Å². The maximum atomic E-state index is 5.77. The van der Waals surface area contributed by atoms with Gasteiger partial charge >= 0.3 is 0 Å². The van der Waals surface area contributed by atoms with Crippen LogP contribution in [0.3, 0.4) is 0 Å². The van der Waals surface area contributed by atoms with Crippen molar-refractivity contribution in [1.29, 1.82) is 0 Å². The predicted octanol–water partition coefficient (Wildman–Crippen LogP) is 3.06. The number of ether oxygens (including phenoxy) is 1. The summed E-state index contributed by atoms with van der Waals surface area (Å²) in [5.74, 6) is 1.17. The van der Waals surface area contributed by atoms with E-state index in [0.717, 1.165) is 11.0 Å². The number of anilines is 1. The van der Waals surface area contributed by atoms with Gasteiger partial charge in [-0.2, -0.15) is 0 Å². The van der Waals surface area contributed by atoms with Crippen LogP contribution in [0.15, 0.2) is 55.2 Å². The Labute approximate surface area is 115 Å². The third kappa shape index (κ3) is 2.13. The van der Waals surface area contributed by atoms with Crippen LogP contribution in [0.1, 0.15) is 0 Å². The number of rotatable bonds is 3. The standard InChI is InChI=1S/C15H12N4O/c1-2-8-19-9-7-13-14(19)17-10-18-15(13)20-12-5-3-11(16)4-6-12/h3-10H,1,16H2. The van der Waals surface area contributed by atoms with Crippen LogP contribution in [0.25, 0.3) is 17.2 Å². The molecule has 2 heterocycles. The van der Waals surface area contributed by atoms with Gasteiger partial charge in [-0.3, -0.25) is 0 Å². The number of aromatic nitrogens is 3. The highest BCUT2D eigenvalue weighted by atomic mass is 16.5. The van der Waals surface area contributed by atoms with Gasteiger partial charge in [0.25, 0.3) is 0 Å². The van der Waals surface area contributed by atoms with Crippen molar-refractivity contribution in [2.45, 2.75) is 0 Å². The van der Waals surface area contributed by atoms with Crippen molar-refractivity contribution in [3.63, 3.8) is 0 Å². The Bertz CT molecular complexity index is 798. The van der Waals surface area contributed by atoms with Crippen LogP contribution in [0.4, 0.5) is 5.69 Å². The van der Waals surface area contributed by atoms with Gasteiger partial charge in [-0.25, -0.2) is 9.97 Å². The first-order valence-corrected chi connectivity index (χ1v) is 5.99. The second kappa shape index (κ2) is 4.91. The van der Waals surface area contributed by atoms with E-state index in [0.29, 0.717) is 17.3 Å². The van der Waals surface area contributed by atoms with Crippen molar-refractivity contribution >= 4 is 22.9 Å². The zero-order valence-corrected chi connectivity index (χ0v) is 10.7. The highest BCUT2D eigenvalue weighted by Crippen LogP contribution is 2.27. The third-order valence-corrected chi connectivity index (χ3v) is 2.80. The Balaban J connectivity index is 2.03. The number of hydrogen-bond donors (Lipinski definition) is 1. The van der Waals surface area contributed by atoms with Crippen molar-refractivity contribution in [3.05, 3.63) is 55.2 Å². The lowest BCUT2D eigenvalue weighted by Gasteiger charge is -2.05. The molecule has 3 aromatic rings. The molecular formula is C15H12N4O. The van der Waals surface area contributed by atoms with E-state index in [2.05, 4.69) is 22.3 Å². The van der Waals surface area contributed by atoms with Crippen molar-refractivity contribution < 1.29 is 4.74 Å². The zero-order valence-electron chi connectivity index (χ0n) is 10.7. The average Bonchev–Trinajstić information content (AvgIpc) is 2.86. The largest absolute Gasteiger partial charge is 0.438 e. The van der Waals surface area contributed by atoms with E-state index in [-0.39, 0.29) is 0 Å². The third-order valence-electron chi connectivity index (χ3n) is 2.80. The summed E-state index contributed by atoms with van der Waals surface area (Å²) < 4.78 is 7.57. The van der Waals surface area contributed by atoms with Crippen LogP contribution < -0.4 is 10.5 Å². The van der Waals surface area contributed by atoms with Crippen LogP contribution in [-0.4, -0.2) is 14.5 Å². The van der Waals surface area contributed by atoms with Crippen LogP contribution in [0.5, 0.6) is 11.6 Å². The highest BCUT2D eigenvalue weighted by Gasteiger charge is 2.09. The Hall–Kier alpha value is -3.04. The van der Waals surface area contributed by atoms with Gasteiger partial charge in [0.05, 0.1) is 11.6 Å². The van der Waals surface area contributed by atoms with Gasteiger partial charge in [-0.1, -0.05) is 6.58 Å². The molecule has 0 atom stereocenters. The molecule has 0 saturated heterocycles. The fourth-order valence-electron chi connectivity index (χ4n) is 1.88.